The molecule has 110 valence electrons. The van der Waals surface area contributed by atoms with E-state index in [-0.39, 0.29) is 37.7 Å². The lowest BCUT2D eigenvalue weighted by molar-refractivity contribution is 0.0632. The zero-order chi connectivity index (χ0) is 14.9. The van der Waals surface area contributed by atoms with Crippen molar-refractivity contribution in [2.75, 3.05) is 32.4 Å². The van der Waals surface area contributed by atoms with Gasteiger partial charge in [-0.2, -0.15) is 4.31 Å². The molecule has 2 heterocycles. The lowest BCUT2D eigenvalue weighted by Crippen LogP contribution is -2.50. The van der Waals surface area contributed by atoms with E-state index in [0.717, 1.165) is 6.26 Å². The van der Waals surface area contributed by atoms with E-state index < -0.39 is 21.9 Å². The lowest BCUT2D eigenvalue weighted by atomic mass is 10.3. The summed E-state index contributed by atoms with van der Waals surface area (Å²) in [4.78, 5) is 24.2. The molecule has 0 spiro atoms. The Hall–Kier alpha value is -1.87. The molecular weight excluding hydrogens is 288 g/mol. The van der Waals surface area contributed by atoms with Crippen molar-refractivity contribution in [1.82, 2.24) is 9.21 Å². The highest BCUT2D eigenvalue weighted by atomic mass is 32.2. The fraction of sp³-hybridized carbons (Fsp3) is 0.455. The van der Waals surface area contributed by atoms with Crippen molar-refractivity contribution in [3.63, 3.8) is 0 Å². The molecule has 1 aromatic rings. The van der Waals surface area contributed by atoms with Gasteiger partial charge in [0.25, 0.3) is 5.91 Å². The number of sulfonamides is 1. The number of furan rings is 1. The standard InChI is InChI=1S/C11H14N2O6S/c1-20(17,18)13-6-4-12(5-7-13)10(14)8-2-3-9(19-8)11(15)16/h2-3H,4-7H2,1H3,(H,15,16). The fourth-order valence-electron chi connectivity index (χ4n) is 1.95. The lowest BCUT2D eigenvalue weighted by Gasteiger charge is -2.32. The number of piperazine rings is 1. The Morgan fingerprint density at radius 1 is 1.15 bits per heavy atom. The minimum Gasteiger partial charge on any atom is -0.475 e. The SMILES string of the molecule is CS(=O)(=O)N1CCN(C(=O)c2ccc(C(=O)O)o2)CC1. The van der Waals surface area contributed by atoms with Crippen LogP contribution in [-0.4, -0.2) is 67.0 Å². The van der Waals surface area contributed by atoms with Gasteiger partial charge in [0.2, 0.25) is 15.8 Å². The quantitative estimate of drug-likeness (QED) is 0.821. The van der Waals surface area contributed by atoms with E-state index in [2.05, 4.69) is 0 Å². The highest BCUT2D eigenvalue weighted by Gasteiger charge is 2.28. The van der Waals surface area contributed by atoms with Crippen LogP contribution in [0.15, 0.2) is 16.5 Å². The zero-order valence-electron chi connectivity index (χ0n) is 10.8. The largest absolute Gasteiger partial charge is 0.475 e. The molecule has 0 aliphatic carbocycles. The number of rotatable bonds is 3. The summed E-state index contributed by atoms with van der Waals surface area (Å²) in [5.41, 5.74) is 0. The second-order valence-corrected chi connectivity index (χ2v) is 6.41. The number of hydrogen-bond donors (Lipinski definition) is 1. The predicted octanol–water partition coefficient (Wildman–Crippen LogP) is -0.305. The van der Waals surface area contributed by atoms with Crippen LogP contribution in [0, 0.1) is 0 Å². The first-order valence-electron chi connectivity index (χ1n) is 5.86. The van der Waals surface area contributed by atoms with Crippen LogP contribution in [0.5, 0.6) is 0 Å². The monoisotopic (exact) mass is 302 g/mol. The van der Waals surface area contributed by atoms with E-state index in [9.17, 15) is 18.0 Å². The molecule has 0 bridgehead atoms. The first kappa shape index (κ1) is 14.5. The number of nitrogens with zero attached hydrogens (tertiary/aromatic N) is 2. The van der Waals surface area contributed by atoms with E-state index in [1.807, 2.05) is 0 Å². The van der Waals surface area contributed by atoms with Crippen LogP contribution < -0.4 is 0 Å². The molecule has 1 aliphatic rings. The molecule has 1 N–H and O–H groups in total. The molecule has 20 heavy (non-hydrogen) atoms. The van der Waals surface area contributed by atoms with Crippen molar-refractivity contribution in [1.29, 1.82) is 0 Å². The second-order valence-electron chi connectivity index (χ2n) is 4.42. The summed E-state index contributed by atoms with van der Waals surface area (Å²) in [6, 6.07) is 2.51. The Morgan fingerprint density at radius 3 is 2.15 bits per heavy atom. The van der Waals surface area contributed by atoms with Gasteiger partial charge in [0, 0.05) is 26.2 Å². The fourth-order valence-corrected chi connectivity index (χ4v) is 2.77. The Balaban J connectivity index is 2.03. The number of carbonyl (C=O) groups is 2. The topological polar surface area (TPSA) is 108 Å². The van der Waals surface area contributed by atoms with Gasteiger partial charge in [-0.25, -0.2) is 13.2 Å². The third-order valence-corrected chi connectivity index (χ3v) is 4.33. The first-order valence-corrected chi connectivity index (χ1v) is 7.71. The van der Waals surface area contributed by atoms with E-state index in [4.69, 9.17) is 9.52 Å². The number of carboxylic acid groups (broad SMARTS) is 1. The normalized spacial score (nSPS) is 17.1. The van der Waals surface area contributed by atoms with Crippen LogP contribution in [0.1, 0.15) is 21.1 Å². The van der Waals surface area contributed by atoms with Gasteiger partial charge in [-0.05, 0) is 12.1 Å². The second kappa shape index (κ2) is 5.25. The minimum atomic E-state index is -3.25. The number of aromatic carboxylic acids is 1. The predicted molar refractivity (Wildman–Crippen MR) is 68.0 cm³/mol. The number of hydrogen-bond acceptors (Lipinski definition) is 5. The van der Waals surface area contributed by atoms with Crippen molar-refractivity contribution < 1.29 is 27.5 Å². The van der Waals surface area contributed by atoms with Gasteiger partial charge in [-0.15, -0.1) is 0 Å². The van der Waals surface area contributed by atoms with Gasteiger partial charge in [-0.3, -0.25) is 4.79 Å². The molecule has 0 aromatic carbocycles. The van der Waals surface area contributed by atoms with Crippen molar-refractivity contribution in [2.45, 2.75) is 0 Å². The first-order chi connectivity index (χ1) is 9.29. The average Bonchev–Trinajstić information content (AvgIpc) is 2.86. The summed E-state index contributed by atoms with van der Waals surface area (Å²) in [7, 11) is -3.25. The Bertz CT molecular complexity index is 627. The maximum absolute atomic E-state index is 12.1. The van der Waals surface area contributed by atoms with Gasteiger partial charge in [0.15, 0.2) is 5.76 Å². The summed E-state index contributed by atoms with van der Waals surface area (Å²) in [6.07, 6.45) is 1.12. The molecule has 0 atom stereocenters. The van der Waals surface area contributed by atoms with Gasteiger partial charge in [0.05, 0.1) is 6.26 Å². The maximum Gasteiger partial charge on any atom is 0.371 e. The zero-order valence-corrected chi connectivity index (χ0v) is 11.6. The van der Waals surface area contributed by atoms with Gasteiger partial charge >= 0.3 is 5.97 Å². The molecule has 8 nitrogen and oxygen atoms in total. The van der Waals surface area contributed by atoms with Crippen molar-refractivity contribution in [2.24, 2.45) is 0 Å². The molecule has 0 saturated carbocycles. The Labute approximate surface area is 115 Å². The molecule has 9 heteroatoms. The Kier molecular flexibility index (Phi) is 3.82. The highest BCUT2D eigenvalue weighted by Crippen LogP contribution is 2.13. The third-order valence-electron chi connectivity index (χ3n) is 3.02. The summed E-state index contributed by atoms with van der Waals surface area (Å²) in [5.74, 6) is -2.05. The van der Waals surface area contributed by atoms with Crippen molar-refractivity contribution >= 4 is 21.9 Å². The highest BCUT2D eigenvalue weighted by molar-refractivity contribution is 7.88. The smallest absolute Gasteiger partial charge is 0.371 e. The van der Waals surface area contributed by atoms with Crippen molar-refractivity contribution in [3.8, 4) is 0 Å². The average molecular weight is 302 g/mol. The summed E-state index contributed by atoms with van der Waals surface area (Å²) < 4.78 is 28.9. The number of carboxylic acids is 1. The molecule has 1 aliphatic heterocycles. The summed E-state index contributed by atoms with van der Waals surface area (Å²) >= 11 is 0. The molecule has 1 aromatic heterocycles. The van der Waals surface area contributed by atoms with E-state index in [0.29, 0.717) is 0 Å². The van der Waals surface area contributed by atoms with Crippen LogP contribution in [0.25, 0.3) is 0 Å². The molecule has 1 fully saturated rings. The van der Waals surface area contributed by atoms with E-state index in [1.54, 1.807) is 0 Å². The van der Waals surface area contributed by atoms with Crippen LogP contribution in [0.2, 0.25) is 0 Å². The van der Waals surface area contributed by atoms with E-state index >= 15 is 0 Å². The van der Waals surface area contributed by atoms with E-state index in [1.165, 1.54) is 21.3 Å². The third kappa shape index (κ3) is 2.99. The summed E-state index contributed by atoms with van der Waals surface area (Å²) in [5, 5.41) is 8.72. The number of amides is 1. The maximum atomic E-state index is 12.1. The van der Waals surface area contributed by atoms with Crippen LogP contribution >= 0.6 is 0 Å². The van der Waals surface area contributed by atoms with Crippen LogP contribution in [-0.2, 0) is 10.0 Å². The molecular formula is C11H14N2O6S. The Morgan fingerprint density at radius 2 is 1.70 bits per heavy atom. The molecule has 0 unspecified atom stereocenters. The number of carbonyl (C=O) groups excluding carboxylic acids is 1. The summed E-state index contributed by atoms with van der Waals surface area (Å²) in [6.45, 7) is 0.929. The van der Waals surface area contributed by atoms with Crippen molar-refractivity contribution in [3.05, 3.63) is 23.7 Å². The molecule has 2 rings (SSSR count). The van der Waals surface area contributed by atoms with Gasteiger partial charge < -0.3 is 14.4 Å². The minimum absolute atomic E-state index is 0.0600. The van der Waals surface area contributed by atoms with Gasteiger partial charge in [-0.1, -0.05) is 0 Å². The molecule has 0 radical (unpaired) electrons. The molecule has 1 saturated heterocycles. The molecule has 1 amide bonds. The van der Waals surface area contributed by atoms with Crippen LogP contribution in [0.4, 0.5) is 0 Å². The van der Waals surface area contributed by atoms with Gasteiger partial charge in [0.1, 0.15) is 0 Å². The van der Waals surface area contributed by atoms with Crippen LogP contribution in [0.3, 0.4) is 0 Å².